The quantitative estimate of drug-likeness (QED) is 0.870. The largest absolute Gasteiger partial charge is 0.374 e. The fraction of sp³-hybridized carbons (Fsp3) is 0.474. The lowest BCUT2D eigenvalue weighted by atomic mass is 10.1. The van der Waals surface area contributed by atoms with Crippen molar-refractivity contribution >= 4 is 16.8 Å². The van der Waals surface area contributed by atoms with E-state index >= 15 is 0 Å². The van der Waals surface area contributed by atoms with E-state index in [-0.39, 0.29) is 24.2 Å². The van der Waals surface area contributed by atoms with E-state index < -0.39 is 0 Å². The highest BCUT2D eigenvalue weighted by molar-refractivity contribution is 5.95. The number of rotatable bonds is 3. The lowest BCUT2D eigenvalue weighted by molar-refractivity contribution is -0.0484. The van der Waals surface area contributed by atoms with Crippen molar-refractivity contribution in [3.63, 3.8) is 0 Å². The Balaban J connectivity index is 1.64. The number of para-hydroxylation sites is 1. The molecule has 5 heteroatoms. The van der Waals surface area contributed by atoms with Crippen molar-refractivity contribution in [2.45, 2.75) is 38.0 Å². The zero-order valence-corrected chi connectivity index (χ0v) is 13.9. The van der Waals surface area contributed by atoms with Crippen LogP contribution >= 0.6 is 0 Å². The zero-order chi connectivity index (χ0) is 16.5. The Kier molecular flexibility index (Phi) is 4.21. The molecule has 0 unspecified atom stereocenters. The van der Waals surface area contributed by atoms with E-state index in [2.05, 4.69) is 4.98 Å². The van der Waals surface area contributed by atoms with Gasteiger partial charge in [0.1, 0.15) is 11.8 Å². The molecule has 0 spiro atoms. The number of carbonyl (C=O) groups excluding carboxylic acids is 1. The lowest BCUT2D eigenvalue weighted by Gasteiger charge is -2.30. The zero-order valence-electron chi connectivity index (χ0n) is 13.9. The van der Waals surface area contributed by atoms with Gasteiger partial charge in [0, 0.05) is 18.5 Å². The fourth-order valence-electron chi connectivity index (χ4n) is 3.89. The molecule has 5 nitrogen and oxygen atoms in total. The molecule has 0 N–H and O–H groups in total. The molecule has 126 valence electrons. The van der Waals surface area contributed by atoms with E-state index in [0.29, 0.717) is 25.5 Å². The maximum absolute atomic E-state index is 13.1. The Morgan fingerprint density at radius 1 is 1.29 bits per heavy atom. The number of benzene rings is 1. The van der Waals surface area contributed by atoms with Gasteiger partial charge in [-0.1, -0.05) is 24.3 Å². The first-order valence-corrected chi connectivity index (χ1v) is 8.68. The van der Waals surface area contributed by atoms with Gasteiger partial charge in [-0.05, 0) is 31.9 Å². The molecule has 0 radical (unpaired) electrons. The van der Waals surface area contributed by atoms with Crippen molar-refractivity contribution in [2.75, 3.05) is 19.8 Å². The highest BCUT2D eigenvalue weighted by Crippen LogP contribution is 2.32. The van der Waals surface area contributed by atoms with Crippen LogP contribution in [-0.2, 0) is 9.47 Å². The van der Waals surface area contributed by atoms with Gasteiger partial charge < -0.3 is 14.4 Å². The van der Waals surface area contributed by atoms with Crippen LogP contribution in [0.2, 0.25) is 0 Å². The summed E-state index contributed by atoms with van der Waals surface area (Å²) in [5.74, 6) is -0.0263. The van der Waals surface area contributed by atoms with Gasteiger partial charge in [0.15, 0.2) is 0 Å². The fourth-order valence-corrected chi connectivity index (χ4v) is 3.89. The highest BCUT2D eigenvalue weighted by Gasteiger charge is 2.44. The van der Waals surface area contributed by atoms with Crippen molar-refractivity contribution in [3.8, 4) is 0 Å². The Bertz CT molecular complexity index is 748. The molecule has 1 aromatic heterocycles. The summed E-state index contributed by atoms with van der Waals surface area (Å²) in [5, 5.41) is 1.04. The monoisotopic (exact) mass is 326 g/mol. The summed E-state index contributed by atoms with van der Waals surface area (Å²) in [6.07, 6.45) is 1.96. The van der Waals surface area contributed by atoms with Crippen LogP contribution in [0.25, 0.3) is 10.9 Å². The molecule has 4 rings (SSSR count). The van der Waals surface area contributed by atoms with E-state index in [1.165, 1.54) is 0 Å². The number of hydrogen-bond acceptors (Lipinski definition) is 4. The number of pyridine rings is 1. The van der Waals surface area contributed by atoms with Gasteiger partial charge in [0.2, 0.25) is 0 Å². The minimum Gasteiger partial charge on any atom is -0.374 e. The molecule has 2 aliphatic rings. The Morgan fingerprint density at radius 3 is 3.04 bits per heavy atom. The molecule has 1 saturated carbocycles. The molecule has 2 fully saturated rings. The topological polar surface area (TPSA) is 51.7 Å². The predicted octanol–water partition coefficient (Wildman–Crippen LogP) is 2.64. The lowest BCUT2D eigenvalue weighted by Crippen LogP contribution is -2.46. The van der Waals surface area contributed by atoms with Crippen LogP contribution in [0.5, 0.6) is 0 Å². The smallest absolute Gasteiger partial charge is 0.272 e. The summed E-state index contributed by atoms with van der Waals surface area (Å²) in [5.41, 5.74) is 1.34. The third kappa shape index (κ3) is 2.68. The summed E-state index contributed by atoms with van der Waals surface area (Å²) in [4.78, 5) is 19.6. The van der Waals surface area contributed by atoms with Gasteiger partial charge >= 0.3 is 0 Å². The van der Waals surface area contributed by atoms with Gasteiger partial charge in [-0.25, -0.2) is 4.98 Å². The van der Waals surface area contributed by atoms with Gasteiger partial charge in [-0.2, -0.15) is 0 Å². The molecule has 1 aromatic carbocycles. The van der Waals surface area contributed by atoms with Crippen LogP contribution < -0.4 is 0 Å². The van der Waals surface area contributed by atoms with Crippen LogP contribution in [0.3, 0.4) is 0 Å². The minimum absolute atomic E-state index is 0.0260. The molecule has 1 aliphatic heterocycles. The van der Waals surface area contributed by atoms with Crippen LogP contribution in [0.4, 0.5) is 0 Å². The summed E-state index contributed by atoms with van der Waals surface area (Å²) >= 11 is 0. The second-order valence-corrected chi connectivity index (χ2v) is 6.36. The average molecular weight is 326 g/mol. The van der Waals surface area contributed by atoms with Gasteiger partial charge in [-0.3, -0.25) is 4.79 Å². The number of hydrogen-bond donors (Lipinski definition) is 0. The Morgan fingerprint density at radius 2 is 2.17 bits per heavy atom. The number of amides is 1. The average Bonchev–Trinajstić information content (AvgIpc) is 2.90. The maximum Gasteiger partial charge on any atom is 0.272 e. The van der Waals surface area contributed by atoms with Crippen LogP contribution in [0.1, 0.15) is 30.3 Å². The molecule has 2 aromatic rings. The predicted molar refractivity (Wildman–Crippen MR) is 91.0 cm³/mol. The second-order valence-electron chi connectivity index (χ2n) is 6.36. The van der Waals surface area contributed by atoms with Crippen LogP contribution in [0.15, 0.2) is 36.4 Å². The van der Waals surface area contributed by atoms with Crippen molar-refractivity contribution < 1.29 is 14.3 Å². The Hall–Kier alpha value is -1.98. The number of ether oxygens (including phenoxy) is 2. The molecule has 2 heterocycles. The number of aromatic nitrogens is 1. The van der Waals surface area contributed by atoms with Crippen molar-refractivity contribution in [1.29, 1.82) is 0 Å². The van der Waals surface area contributed by atoms with E-state index in [1.807, 2.05) is 48.2 Å². The first-order chi connectivity index (χ1) is 11.8. The van der Waals surface area contributed by atoms with E-state index in [9.17, 15) is 4.79 Å². The second kappa shape index (κ2) is 6.49. The molecule has 1 saturated heterocycles. The molecule has 2 bridgehead atoms. The maximum atomic E-state index is 13.1. The van der Waals surface area contributed by atoms with E-state index in [1.54, 1.807) is 0 Å². The molecule has 24 heavy (non-hydrogen) atoms. The summed E-state index contributed by atoms with van der Waals surface area (Å²) in [6, 6.07) is 11.7. The first kappa shape index (κ1) is 15.5. The SMILES string of the molecule is CCO[C@H]1[C@H]2CC[C@H]1OCCN2C(=O)c1ccc2ccccc2n1. The third-order valence-corrected chi connectivity index (χ3v) is 4.99. The number of carbonyl (C=O) groups is 1. The van der Waals surface area contributed by atoms with Crippen molar-refractivity contribution in [1.82, 2.24) is 9.88 Å². The van der Waals surface area contributed by atoms with Gasteiger partial charge in [0.05, 0.1) is 24.3 Å². The van der Waals surface area contributed by atoms with Crippen LogP contribution in [0, 0.1) is 0 Å². The minimum atomic E-state index is -0.0263. The third-order valence-electron chi connectivity index (χ3n) is 4.99. The summed E-state index contributed by atoms with van der Waals surface area (Å²) in [7, 11) is 0. The Labute approximate surface area is 141 Å². The summed E-state index contributed by atoms with van der Waals surface area (Å²) in [6.45, 7) is 3.78. The van der Waals surface area contributed by atoms with Crippen molar-refractivity contribution in [2.24, 2.45) is 0 Å². The standard InChI is InChI=1S/C19H22N2O3/c1-2-23-18-16-9-10-17(18)24-12-11-21(16)19(22)15-8-7-13-5-3-4-6-14(13)20-15/h3-8,16-18H,2,9-12H2,1H3/t16-,17-,18+/m1/s1. The molecular formula is C19H22N2O3. The van der Waals surface area contributed by atoms with E-state index in [4.69, 9.17) is 9.47 Å². The summed E-state index contributed by atoms with van der Waals surface area (Å²) < 4.78 is 11.8. The molecule has 1 aliphatic carbocycles. The molecule has 1 amide bonds. The van der Waals surface area contributed by atoms with Gasteiger partial charge in [0.25, 0.3) is 5.91 Å². The molecular weight excluding hydrogens is 304 g/mol. The van der Waals surface area contributed by atoms with Crippen molar-refractivity contribution in [3.05, 3.63) is 42.1 Å². The normalized spacial score (nSPS) is 26.5. The van der Waals surface area contributed by atoms with Gasteiger partial charge in [-0.15, -0.1) is 0 Å². The number of fused-ring (bicyclic) bond motifs is 3. The first-order valence-electron chi connectivity index (χ1n) is 8.68. The van der Waals surface area contributed by atoms with Crippen LogP contribution in [-0.4, -0.2) is 53.8 Å². The highest BCUT2D eigenvalue weighted by atomic mass is 16.5. The molecule has 3 atom stereocenters. The number of nitrogens with zero attached hydrogens (tertiary/aromatic N) is 2. The van der Waals surface area contributed by atoms with E-state index in [0.717, 1.165) is 23.7 Å².